The molecule has 0 fully saturated rings. The van der Waals surface area contributed by atoms with Crippen molar-refractivity contribution >= 4 is 17.7 Å². The van der Waals surface area contributed by atoms with Crippen molar-refractivity contribution in [1.82, 2.24) is 0 Å². The molecule has 0 spiro atoms. The van der Waals surface area contributed by atoms with Gasteiger partial charge in [0.05, 0.1) is 6.42 Å². The Morgan fingerprint density at radius 1 is 1.27 bits per heavy atom. The first-order chi connectivity index (χ1) is 6.60. The van der Waals surface area contributed by atoms with Crippen LogP contribution in [0.3, 0.4) is 0 Å². The minimum Gasteiger partial charge on any atom is -0.460 e. The highest BCUT2D eigenvalue weighted by Crippen LogP contribution is 2.13. The van der Waals surface area contributed by atoms with Gasteiger partial charge in [-0.05, 0) is 34.6 Å². The Bertz CT molecular complexity index is 204. The van der Waals surface area contributed by atoms with Crippen molar-refractivity contribution in [1.29, 1.82) is 0 Å². The van der Waals surface area contributed by atoms with Crippen LogP contribution in [-0.4, -0.2) is 28.6 Å². The van der Waals surface area contributed by atoms with Crippen LogP contribution in [0.15, 0.2) is 0 Å². The largest absolute Gasteiger partial charge is 0.460 e. The summed E-state index contributed by atoms with van der Waals surface area (Å²) < 4.78 is 5.19. The molecule has 3 nitrogen and oxygen atoms in total. The lowest BCUT2D eigenvalue weighted by Crippen LogP contribution is -2.34. The van der Waals surface area contributed by atoms with Gasteiger partial charge in [-0.3, -0.25) is 4.79 Å². The number of carbonyl (C=O) groups excluding carboxylic acids is 1. The van der Waals surface area contributed by atoms with Crippen LogP contribution in [0.1, 0.15) is 41.0 Å². The van der Waals surface area contributed by atoms with E-state index in [1.54, 1.807) is 11.8 Å². The first-order valence-electron chi connectivity index (χ1n) is 5.19. The summed E-state index contributed by atoms with van der Waals surface area (Å²) in [6.07, 6.45) is 0.456. The highest BCUT2D eigenvalue weighted by molar-refractivity contribution is 7.99. The number of thioether (sulfide) groups is 1. The summed E-state index contributed by atoms with van der Waals surface area (Å²) in [6.45, 7) is 9.59. The van der Waals surface area contributed by atoms with Gasteiger partial charge in [-0.15, -0.1) is 0 Å². The van der Waals surface area contributed by atoms with Crippen molar-refractivity contribution in [2.24, 2.45) is 5.73 Å². The molecule has 0 aromatic rings. The van der Waals surface area contributed by atoms with Gasteiger partial charge in [0, 0.05) is 17.0 Å². The average Bonchev–Trinajstić information content (AvgIpc) is 1.92. The molecule has 90 valence electrons. The second-order valence-corrected chi connectivity index (χ2v) is 6.48. The van der Waals surface area contributed by atoms with Crippen molar-refractivity contribution in [2.75, 3.05) is 11.5 Å². The van der Waals surface area contributed by atoms with E-state index in [9.17, 15) is 4.79 Å². The van der Waals surface area contributed by atoms with Gasteiger partial charge in [0.25, 0.3) is 0 Å². The van der Waals surface area contributed by atoms with E-state index < -0.39 is 0 Å². The zero-order valence-electron chi connectivity index (χ0n) is 10.4. The minimum absolute atomic E-state index is 0.134. The van der Waals surface area contributed by atoms with Gasteiger partial charge in [-0.25, -0.2) is 0 Å². The lowest BCUT2D eigenvalue weighted by atomic mass is 10.1. The lowest BCUT2D eigenvalue weighted by molar-refractivity contribution is -0.154. The first-order valence-corrected chi connectivity index (χ1v) is 6.34. The Morgan fingerprint density at radius 2 is 1.80 bits per heavy atom. The van der Waals surface area contributed by atoms with E-state index in [0.29, 0.717) is 6.42 Å². The van der Waals surface area contributed by atoms with Gasteiger partial charge in [0.1, 0.15) is 5.60 Å². The molecule has 0 aliphatic rings. The van der Waals surface area contributed by atoms with Crippen LogP contribution in [0, 0.1) is 0 Å². The number of hydrogen-bond donors (Lipinski definition) is 1. The van der Waals surface area contributed by atoms with Crippen LogP contribution in [-0.2, 0) is 9.53 Å². The Hall–Kier alpha value is -0.220. The average molecular weight is 233 g/mol. The van der Waals surface area contributed by atoms with E-state index in [1.807, 2.05) is 34.6 Å². The van der Waals surface area contributed by atoms with E-state index in [1.165, 1.54) is 0 Å². The van der Waals surface area contributed by atoms with Gasteiger partial charge < -0.3 is 10.5 Å². The molecule has 0 radical (unpaired) electrons. The van der Waals surface area contributed by atoms with Crippen molar-refractivity contribution in [2.45, 2.75) is 52.2 Å². The fourth-order valence-corrected chi connectivity index (χ4v) is 1.86. The van der Waals surface area contributed by atoms with Crippen molar-refractivity contribution < 1.29 is 9.53 Å². The van der Waals surface area contributed by atoms with Gasteiger partial charge in [-0.2, -0.15) is 11.8 Å². The molecule has 0 rings (SSSR count). The summed E-state index contributed by atoms with van der Waals surface area (Å²) in [6, 6.07) is 0. The fraction of sp³-hybridized carbons (Fsp3) is 0.909. The van der Waals surface area contributed by atoms with Crippen LogP contribution in [0.2, 0.25) is 0 Å². The number of ether oxygens (including phenoxy) is 1. The third-order valence-electron chi connectivity index (χ3n) is 1.34. The molecule has 0 aromatic carbocycles. The molecule has 0 aromatic heterocycles. The minimum atomic E-state index is -0.380. The third-order valence-corrected chi connectivity index (χ3v) is 2.79. The summed E-state index contributed by atoms with van der Waals surface area (Å²) in [5, 5.41) is 0. The second kappa shape index (κ2) is 5.75. The molecule has 0 unspecified atom stereocenters. The Kier molecular flexibility index (Phi) is 5.67. The number of rotatable bonds is 5. The molecule has 0 atom stereocenters. The van der Waals surface area contributed by atoms with Gasteiger partial charge in [0.15, 0.2) is 0 Å². The monoisotopic (exact) mass is 233 g/mol. The van der Waals surface area contributed by atoms with Crippen LogP contribution in [0.4, 0.5) is 0 Å². The van der Waals surface area contributed by atoms with Crippen molar-refractivity contribution in [3.05, 3.63) is 0 Å². The molecule has 0 heterocycles. The molecule has 0 aliphatic carbocycles. The van der Waals surface area contributed by atoms with E-state index in [0.717, 1.165) is 11.5 Å². The van der Waals surface area contributed by atoms with E-state index in [2.05, 4.69) is 0 Å². The van der Waals surface area contributed by atoms with Crippen LogP contribution < -0.4 is 5.73 Å². The van der Waals surface area contributed by atoms with Crippen LogP contribution in [0.25, 0.3) is 0 Å². The SMILES string of the molecule is CC(C)(N)CSCCC(=O)OC(C)(C)C. The first kappa shape index (κ1) is 14.8. The van der Waals surface area contributed by atoms with Gasteiger partial charge >= 0.3 is 5.97 Å². The maximum atomic E-state index is 11.3. The predicted octanol–water partition coefficient (Wildman–Crippen LogP) is 2.19. The molecule has 0 bridgehead atoms. The fourth-order valence-electron chi connectivity index (χ4n) is 0.883. The molecular weight excluding hydrogens is 210 g/mol. The Morgan fingerprint density at radius 3 is 2.20 bits per heavy atom. The zero-order chi connectivity index (χ0) is 12.1. The van der Waals surface area contributed by atoms with Crippen molar-refractivity contribution in [3.63, 3.8) is 0 Å². The predicted molar refractivity (Wildman–Crippen MR) is 66.1 cm³/mol. The zero-order valence-corrected chi connectivity index (χ0v) is 11.2. The highest BCUT2D eigenvalue weighted by Gasteiger charge is 2.16. The normalized spacial score (nSPS) is 12.7. The molecule has 15 heavy (non-hydrogen) atoms. The van der Waals surface area contributed by atoms with E-state index in [-0.39, 0.29) is 17.1 Å². The quantitative estimate of drug-likeness (QED) is 0.584. The summed E-state index contributed by atoms with van der Waals surface area (Å²) in [7, 11) is 0. The Balaban J connectivity index is 3.57. The maximum Gasteiger partial charge on any atom is 0.307 e. The Labute approximate surface area is 97.1 Å². The van der Waals surface area contributed by atoms with Crippen molar-refractivity contribution in [3.8, 4) is 0 Å². The molecule has 4 heteroatoms. The third kappa shape index (κ3) is 11.7. The summed E-state index contributed by atoms with van der Waals surface area (Å²) in [5.74, 6) is 1.50. The number of nitrogens with two attached hydrogens (primary N) is 1. The number of esters is 1. The second-order valence-electron chi connectivity index (χ2n) is 5.38. The van der Waals surface area contributed by atoms with E-state index >= 15 is 0 Å². The molecule has 0 saturated heterocycles. The number of hydrogen-bond acceptors (Lipinski definition) is 4. The summed E-state index contributed by atoms with van der Waals surface area (Å²) >= 11 is 1.69. The standard InChI is InChI=1S/C11H23NO2S/c1-10(2,3)14-9(13)6-7-15-8-11(4,5)12/h6-8,12H2,1-5H3. The molecule has 0 aliphatic heterocycles. The molecular formula is C11H23NO2S. The van der Waals surface area contributed by atoms with E-state index in [4.69, 9.17) is 10.5 Å². The number of carbonyl (C=O) groups is 1. The van der Waals surface area contributed by atoms with Gasteiger partial charge in [0.2, 0.25) is 0 Å². The molecule has 2 N–H and O–H groups in total. The molecule has 0 saturated carbocycles. The summed E-state index contributed by atoms with van der Waals surface area (Å²) in [4.78, 5) is 11.3. The topological polar surface area (TPSA) is 52.3 Å². The van der Waals surface area contributed by atoms with Crippen LogP contribution >= 0.6 is 11.8 Å². The van der Waals surface area contributed by atoms with Gasteiger partial charge in [-0.1, -0.05) is 0 Å². The highest BCUT2D eigenvalue weighted by atomic mass is 32.2. The smallest absolute Gasteiger partial charge is 0.307 e. The maximum absolute atomic E-state index is 11.3. The van der Waals surface area contributed by atoms with Crippen LogP contribution in [0.5, 0.6) is 0 Å². The molecule has 0 amide bonds. The lowest BCUT2D eigenvalue weighted by Gasteiger charge is -2.20. The summed E-state index contributed by atoms with van der Waals surface area (Å²) in [5.41, 5.74) is 5.27.